The minimum Gasteiger partial charge on any atom is -0.497 e. The van der Waals surface area contributed by atoms with Crippen molar-refractivity contribution in [3.8, 4) is 11.4 Å². The Labute approximate surface area is 203 Å². The van der Waals surface area contributed by atoms with Crippen LogP contribution in [-0.4, -0.2) is 26.2 Å². The number of nitrogens with one attached hydrogen (secondary N) is 1. The van der Waals surface area contributed by atoms with Gasteiger partial charge in [0.25, 0.3) is 0 Å². The lowest BCUT2D eigenvalue weighted by Crippen LogP contribution is -2.24. The van der Waals surface area contributed by atoms with Crippen molar-refractivity contribution < 1.29 is 13.5 Å². The van der Waals surface area contributed by atoms with Crippen LogP contribution in [0.1, 0.15) is 5.56 Å². The summed E-state index contributed by atoms with van der Waals surface area (Å²) in [6, 6.07) is 17.5. The molecule has 0 spiro atoms. The SMILES string of the molecule is COc1cccc(-n2c(=O)n(Cc3c(F)cccc3F)c3cnc(Nc4ccccc4Cl)nc32)c1. The first-order chi connectivity index (χ1) is 17.0. The maximum atomic E-state index is 14.4. The van der Waals surface area contributed by atoms with Crippen LogP contribution >= 0.6 is 11.6 Å². The molecule has 0 fully saturated rings. The molecular formula is C25H18ClF2N5O2. The Morgan fingerprint density at radius 1 is 1.03 bits per heavy atom. The lowest BCUT2D eigenvalue weighted by Gasteiger charge is -2.08. The molecule has 176 valence electrons. The van der Waals surface area contributed by atoms with Gasteiger partial charge in [0.05, 0.1) is 36.2 Å². The van der Waals surface area contributed by atoms with Crippen LogP contribution in [0.3, 0.4) is 0 Å². The topological polar surface area (TPSA) is 74.0 Å². The van der Waals surface area contributed by atoms with E-state index >= 15 is 0 Å². The van der Waals surface area contributed by atoms with E-state index in [1.165, 1.54) is 28.5 Å². The second-order valence-corrected chi connectivity index (χ2v) is 8.02. The van der Waals surface area contributed by atoms with Crippen molar-refractivity contribution in [1.82, 2.24) is 19.1 Å². The third-order valence-corrected chi connectivity index (χ3v) is 5.81. The average Bonchev–Trinajstić information content (AvgIpc) is 3.13. The molecule has 1 N–H and O–H groups in total. The van der Waals surface area contributed by atoms with E-state index in [1.54, 1.807) is 48.5 Å². The monoisotopic (exact) mass is 493 g/mol. The molecule has 0 amide bonds. The van der Waals surface area contributed by atoms with E-state index in [2.05, 4.69) is 15.3 Å². The first kappa shape index (κ1) is 22.5. The van der Waals surface area contributed by atoms with Gasteiger partial charge in [-0.3, -0.25) is 4.57 Å². The zero-order chi connectivity index (χ0) is 24.5. The van der Waals surface area contributed by atoms with Crippen LogP contribution in [0.5, 0.6) is 5.75 Å². The quantitative estimate of drug-likeness (QED) is 0.347. The number of aromatic nitrogens is 4. The normalized spacial score (nSPS) is 11.1. The summed E-state index contributed by atoms with van der Waals surface area (Å²) in [5, 5.41) is 3.51. The number of rotatable bonds is 6. The highest BCUT2D eigenvalue weighted by Gasteiger charge is 2.20. The molecule has 0 saturated carbocycles. The summed E-state index contributed by atoms with van der Waals surface area (Å²) in [6.45, 7) is -0.342. The van der Waals surface area contributed by atoms with Gasteiger partial charge in [0.15, 0.2) is 5.65 Å². The van der Waals surface area contributed by atoms with Gasteiger partial charge < -0.3 is 10.1 Å². The number of halogens is 3. The Kier molecular flexibility index (Phi) is 5.92. The number of para-hydroxylation sites is 1. The van der Waals surface area contributed by atoms with Gasteiger partial charge in [-0.1, -0.05) is 35.9 Å². The fraction of sp³-hybridized carbons (Fsp3) is 0.0800. The van der Waals surface area contributed by atoms with Crippen molar-refractivity contribution in [2.24, 2.45) is 0 Å². The summed E-state index contributed by atoms with van der Waals surface area (Å²) in [7, 11) is 1.51. The maximum Gasteiger partial charge on any atom is 0.335 e. The van der Waals surface area contributed by atoms with Crippen LogP contribution in [0.15, 0.2) is 77.7 Å². The summed E-state index contributed by atoms with van der Waals surface area (Å²) in [4.78, 5) is 22.4. The van der Waals surface area contributed by atoms with Crippen molar-refractivity contribution in [2.45, 2.75) is 6.54 Å². The second-order valence-electron chi connectivity index (χ2n) is 7.61. The van der Waals surface area contributed by atoms with E-state index in [1.807, 2.05) is 0 Å². The van der Waals surface area contributed by atoms with Crippen LogP contribution in [-0.2, 0) is 6.54 Å². The molecular weight excluding hydrogens is 476 g/mol. The van der Waals surface area contributed by atoms with Crippen LogP contribution in [0.2, 0.25) is 5.02 Å². The molecule has 0 bridgehead atoms. The third-order valence-electron chi connectivity index (χ3n) is 5.48. The molecule has 0 unspecified atom stereocenters. The van der Waals surface area contributed by atoms with E-state index < -0.39 is 17.3 Å². The van der Waals surface area contributed by atoms with Gasteiger partial charge in [0.2, 0.25) is 5.95 Å². The summed E-state index contributed by atoms with van der Waals surface area (Å²) in [6.07, 6.45) is 1.43. The van der Waals surface area contributed by atoms with E-state index in [-0.39, 0.29) is 23.7 Å². The lowest BCUT2D eigenvalue weighted by atomic mass is 10.2. The predicted octanol–water partition coefficient (Wildman–Crippen LogP) is 5.31. The highest BCUT2D eigenvalue weighted by Crippen LogP contribution is 2.26. The van der Waals surface area contributed by atoms with E-state index in [0.717, 1.165) is 12.1 Å². The average molecular weight is 494 g/mol. The van der Waals surface area contributed by atoms with Gasteiger partial charge in [-0.05, 0) is 36.4 Å². The molecule has 7 nitrogen and oxygen atoms in total. The third kappa shape index (κ3) is 4.22. The van der Waals surface area contributed by atoms with Crippen molar-refractivity contribution >= 4 is 34.4 Å². The highest BCUT2D eigenvalue weighted by atomic mass is 35.5. The Morgan fingerprint density at radius 2 is 1.77 bits per heavy atom. The van der Waals surface area contributed by atoms with E-state index in [0.29, 0.717) is 27.7 Å². The number of hydrogen-bond acceptors (Lipinski definition) is 5. The molecule has 0 radical (unpaired) electrons. The molecule has 10 heteroatoms. The van der Waals surface area contributed by atoms with E-state index in [9.17, 15) is 13.6 Å². The first-order valence-corrected chi connectivity index (χ1v) is 10.9. The Bertz CT molecular complexity index is 1600. The van der Waals surface area contributed by atoms with Crippen LogP contribution < -0.4 is 15.7 Å². The number of hydrogen-bond donors (Lipinski definition) is 1. The van der Waals surface area contributed by atoms with Gasteiger partial charge in [-0.25, -0.2) is 23.1 Å². The highest BCUT2D eigenvalue weighted by molar-refractivity contribution is 6.33. The molecule has 3 aromatic carbocycles. The van der Waals surface area contributed by atoms with Gasteiger partial charge in [-0.2, -0.15) is 4.98 Å². The molecule has 0 aliphatic carbocycles. The molecule has 0 aliphatic rings. The van der Waals surface area contributed by atoms with Crippen LogP contribution in [0, 0.1) is 11.6 Å². The van der Waals surface area contributed by atoms with Gasteiger partial charge in [0, 0.05) is 11.6 Å². The predicted molar refractivity (Wildman–Crippen MR) is 130 cm³/mol. The Hall–Kier alpha value is -4.24. The maximum absolute atomic E-state index is 14.4. The number of imidazole rings is 1. The van der Waals surface area contributed by atoms with Gasteiger partial charge >= 0.3 is 5.69 Å². The van der Waals surface area contributed by atoms with Crippen molar-refractivity contribution in [1.29, 1.82) is 0 Å². The fourth-order valence-corrected chi connectivity index (χ4v) is 3.94. The van der Waals surface area contributed by atoms with Crippen molar-refractivity contribution in [3.05, 3.63) is 106 Å². The van der Waals surface area contributed by atoms with Crippen molar-refractivity contribution in [2.75, 3.05) is 12.4 Å². The minimum absolute atomic E-state index is 0.191. The summed E-state index contributed by atoms with van der Waals surface area (Å²) < 4.78 is 36.7. The van der Waals surface area contributed by atoms with Crippen LogP contribution in [0.25, 0.3) is 16.9 Å². The Balaban J connectivity index is 1.71. The Morgan fingerprint density at radius 3 is 2.51 bits per heavy atom. The summed E-state index contributed by atoms with van der Waals surface area (Å²) in [5.41, 5.74) is 0.804. The molecule has 0 atom stereocenters. The molecule has 0 aliphatic heterocycles. The smallest absolute Gasteiger partial charge is 0.335 e. The number of benzene rings is 3. The largest absolute Gasteiger partial charge is 0.497 e. The minimum atomic E-state index is -0.753. The van der Waals surface area contributed by atoms with Crippen molar-refractivity contribution in [3.63, 3.8) is 0 Å². The van der Waals surface area contributed by atoms with E-state index in [4.69, 9.17) is 16.3 Å². The number of methoxy groups -OCH3 is 1. The molecule has 0 saturated heterocycles. The number of fused-ring (bicyclic) bond motifs is 1. The number of anilines is 2. The zero-order valence-electron chi connectivity index (χ0n) is 18.4. The molecule has 2 aromatic heterocycles. The van der Waals surface area contributed by atoms with Gasteiger partial charge in [0.1, 0.15) is 22.9 Å². The molecule has 35 heavy (non-hydrogen) atoms. The molecule has 2 heterocycles. The zero-order valence-corrected chi connectivity index (χ0v) is 19.1. The standard InChI is InChI=1S/C25H18ClF2N5O2/c1-35-16-7-4-6-15(12-16)33-23-22(13-29-24(31-23)30-21-11-3-2-8-18(21)26)32(25(33)34)14-17-19(27)9-5-10-20(17)28/h2-13H,14H2,1H3,(H,29,30,31). The van der Waals surface area contributed by atoms with Crippen LogP contribution in [0.4, 0.5) is 20.4 Å². The summed E-state index contributed by atoms with van der Waals surface area (Å²) >= 11 is 6.24. The fourth-order valence-electron chi connectivity index (χ4n) is 3.76. The molecule has 5 rings (SSSR count). The summed E-state index contributed by atoms with van der Waals surface area (Å²) in [5.74, 6) is -0.787. The van der Waals surface area contributed by atoms with Gasteiger partial charge in [-0.15, -0.1) is 0 Å². The first-order valence-electron chi connectivity index (χ1n) is 10.5. The molecule has 5 aromatic rings. The number of nitrogens with zero attached hydrogens (tertiary/aromatic N) is 4. The lowest BCUT2D eigenvalue weighted by molar-refractivity contribution is 0.414. The second kappa shape index (κ2) is 9.19. The number of ether oxygens (including phenoxy) is 1.